The van der Waals surface area contributed by atoms with E-state index in [1.54, 1.807) is 24.4 Å². The summed E-state index contributed by atoms with van der Waals surface area (Å²) >= 11 is 12.1. The molecule has 0 spiro atoms. The molecule has 0 aliphatic carbocycles. The molecule has 0 radical (unpaired) electrons. The van der Waals surface area contributed by atoms with Gasteiger partial charge in [0.05, 0.1) is 28.5 Å². The fourth-order valence-corrected chi connectivity index (χ4v) is 2.32. The first kappa shape index (κ1) is 17.1. The van der Waals surface area contributed by atoms with E-state index in [4.69, 9.17) is 27.9 Å². The average Bonchev–Trinajstić information content (AvgIpc) is 2.49. The molecule has 0 saturated carbocycles. The van der Waals surface area contributed by atoms with Gasteiger partial charge in [-0.05, 0) is 35.9 Å². The Labute approximate surface area is 143 Å². The molecule has 1 amide bonds. The van der Waals surface area contributed by atoms with E-state index in [9.17, 15) is 9.90 Å². The first-order valence-corrected chi connectivity index (χ1v) is 7.34. The van der Waals surface area contributed by atoms with Crippen LogP contribution in [0.5, 0.6) is 11.5 Å². The topological polar surface area (TPSA) is 70.9 Å². The number of ether oxygens (including phenoxy) is 1. The number of nitrogens with one attached hydrogen (secondary N) is 1. The van der Waals surface area contributed by atoms with E-state index in [2.05, 4.69) is 10.3 Å². The fourth-order valence-electron chi connectivity index (χ4n) is 1.84. The Morgan fingerprint density at radius 1 is 1.26 bits per heavy atom. The largest absolute Gasteiger partial charge is 0.504 e. The van der Waals surface area contributed by atoms with Gasteiger partial charge in [-0.25, -0.2) is 0 Å². The van der Waals surface area contributed by atoms with Crippen molar-refractivity contribution in [2.75, 3.05) is 12.4 Å². The Kier molecular flexibility index (Phi) is 5.47. The maximum Gasteiger partial charge on any atom is 0.221 e. The van der Waals surface area contributed by atoms with E-state index in [0.717, 1.165) is 0 Å². The molecule has 0 aliphatic rings. The SMILES string of the molecule is COc1cc(C=Nc2cc(NC(C)=O)c(Cl)cc2Cl)ccc1O. The number of aromatic hydroxyl groups is 1. The van der Waals surface area contributed by atoms with Gasteiger partial charge in [-0.2, -0.15) is 0 Å². The first-order valence-electron chi connectivity index (χ1n) is 6.58. The number of carbonyl (C=O) groups is 1. The number of rotatable bonds is 4. The van der Waals surface area contributed by atoms with Crippen molar-refractivity contribution in [3.05, 3.63) is 45.9 Å². The van der Waals surface area contributed by atoms with E-state index in [-0.39, 0.29) is 11.7 Å². The number of methoxy groups -OCH3 is 1. The monoisotopic (exact) mass is 352 g/mol. The number of anilines is 1. The highest BCUT2D eigenvalue weighted by Gasteiger charge is 2.08. The number of halogens is 2. The van der Waals surface area contributed by atoms with Crippen LogP contribution in [0.1, 0.15) is 12.5 Å². The summed E-state index contributed by atoms with van der Waals surface area (Å²) in [4.78, 5) is 15.5. The highest BCUT2D eigenvalue weighted by atomic mass is 35.5. The molecule has 0 aromatic heterocycles. The molecular formula is C16H14Cl2N2O3. The Morgan fingerprint density at radius 3 is 2.65 bits per heavy atom. The van der Waals surface area contributed by atoms with Crippen molar-refractivity contribution in [2.24, 2.45) is 4.99 Å². The summed E-state index contributed by atoms with van der Waals surface area (Å²) in [6, 6.07) is 7.92. The summed E-state index contributed by atoms with van der Waals surface area (Å²) in [5.41, 5.74) is 1.60. The van der Waals surface area contributed by atoms with Crippen LogP contribution in [0.3, 0.4) is 0 Å². The van der Waals surface area contributed by atoms with Crippen molar-refractivity contribution in [1.82, 2.24) is 0 Å². The molecule has 23 heavy (non-hydrogen) atoms. The van der Waals surface area contributed by atoms with E-state index in [1.165, 1.54) is 26.2 Å². The zero-order valence-corrected chi connectivity index (χ0v) is 13.9. The van der Waals surface area contributed by atoms with Gasteiger partial charge in [-0.3, -0.25) is 9.79 Å². The van der Waals surface area contributed by atoms with E-state index < -0.39 is 0 Å². The highest BCUT2D eigenvalue weighted by molar-refractivity contribution is 6.38. The van der Waals surface area contributed by atoms with Crippen molar-refractivity contribution < 1.29 is 14.6 Å². The van der Waals surface area contributed by atoms with Crippen molar-refractivity contribution in [3.8, 4) is 11.5 Å². The summed E-state index contributed by atoms with van der Waals surface area (Å²) in [5.74, 6) is 0.143. The van der Waals surface area contributed by atoms with Gasteiger partial charge < -0.3 is 15.2 Å². The maximum atomic E-state index is 11.2. The predicted molar refractivity (Wildman–Crippen MR) is 92.7 cm³/mol. The van der Waals surface area contributed by atoms with Crippen LogP contribution in [0.4, 0.5) is 11.4 Å². The van der Waals surface area contributed by atoms with Crippen LogP contribution in [-0.2, 0) is 4.79 Å². The van der Waals surface area contributed by atoms with Gasteiger partial charge in [-0.1, -0.05) is 23.2 Å². The third-order valence-electron chi connectivity index (χ3n) is 2.90. The molecule has 2 rings (SSSR count). The molecule has 2 N–H and O–H groups in total. The summed E-state index contributed by atoms with van der Waals surface area (Å²) in [6.45, 7) is 1.39. The second-order valence-electron chi connectivity index (χ2n) is 4.65. The molecule has 0 atom stereocenters. The van der Waals surface area contributed by atoms with Crippen LogP contribution >= 0.6 is 23.2 Å². The first-order chi connectivity index (χ1) is 10.9. The molecule has 2 aromatic carbocycles. The Morgan fingerprint density at radius 2 is 2.00 bits per heavy atom. The molecule has 120 valence electrons. The minimum Gasteiger partial charge on any atom is -0.504 e. The van der Waals surface area contributed by atoms with Gasteiger partial charge in [0.2, 0.25) is 5.91 Å². The number of nitrogens with zero attached hydrogens (tertiary/aromatic N) is 1. The second kappa shape index (κ2) is 7.35. The minimum atomic E-state index is -0.243. The summed E-state index contributed by atoms with van der Waals surface area (Å²) in [6.07, 6.45) is 1.56. The molecule has 5 nitrogen and oxygen atoms in total. The van der Waals surface area contributed by atoms with Gasteiger partial charge in [0.25, 0.3) is 0 Å². The van der Waals surface area contributed by atoms with Crippen LogP contribution in [0.2, 0.25) is 10.0 Å². The van der Waals surface area contributed by atoms with E-state index >= 15 is 0 Å². The Balaban J connectivity index is 2.33. The van der Waals surface area contributed by atoms with Crippen LogP contribution in [0.15, 0.2) is 35.3 Å². The smallest absolute Gasteiger partial charge is 0.221 e. The number of hydrogen-bond donors (Lipinski definition) is 2. The molecule has 0 fully saturated rings. The summed E-state index contributed by atoms with van der Waals surface area (Å²) < 4.78 is 5.04. The van der Waals surface area contributed by atoms with Gasteiger partial charge >= 0.3 is 0 Å². The number of benzene rings is 2. The van der Waals surface area contributed by atoms with Gasteiger partial charge in [0.1, 0.15) is 0 Å². The van der Waals surface area contributed by atoms with Crippen LogP contribution < -0.4 is 10.1 Å². The van der Waals surface area contributed by atoms with Crippen molar-refractivity contribution in [2.45, 2.75) is 6.92 Å². The number of amides is 1. The molecular weight excluding hydrogens is 339 g/mol. The van der Waals surface area contributed by atoms with Crippen LogP contribution in [0.25, 0.3) is 0 Å². The van der Waals surface area contributed by atoms with Crippen LogP contribution in [0, 0.1) is 0 Å². The number of phenolic OH excluding ortho intramolecular Hbond substituents is 1. The number of carbonyl (C=O) groups excluding carboxylic acids is 1. The standard InChI is InChI=1S/C16H14Cl2N2O3/c1-9(21)20-14-7-13(11(17)6-12(14)18)19-8-10-3-4-15(22)16(5-10)23-2/h3-8,22H,1-2H3,(H,20,21). The number of aliphatic imine (C=N–C) groups is 1. The van der Waals surface area contributed by atoms with Crippen molar-refractivity contribution >= 4 is 46.7 Å². The van der Waals surface area contributed by atoms with E-state index in [0.29, 0.717) is 32.7 Å². The Bertz CT molecular complexity index is 776. The molecule has 0 bridgehead atoms. The lowest BCUT2D eigenvalue weighted by Crippen LogP contribution is -2.06. The van der Waals surface area contributed by atoms with Gasteiger partial charge in [0.15, 0.2) is 11.5 Å². The van der Waals surface area contributed by atoms with Gasteiger partial charge in [-0.15, -0.1) is 0 Å². The predicted octanol–water partition coefficient (Wildman–Crippen LogP) is 4.42. The number of hydrogen-bond acceptors (Lipinski definition) is 4. The minimum absolute atomic E-state index is 0.0436. The quantitative estimate of drug-likeness (QED) is 0.800. The van der Waals surface area contributed by atoms with Crippen molar-refractivity contribution in [1.29, 1.82) is 0 Å². The normalized spacial score (nSPS) is 10.8. The maximum absolute atomic E-state index is 11.2. The molecule has 0 aliphatic heterocycles. The fraction of sp³-hybridized carbons (Fsp3) is 0.125. The zero-order chi connectivity index (χ0) is 17.0. The van der Waals surface area contributed by atoms with E-state index in [1.807, 2.05) is 0 Å². The second-order valence-corrected chi connectivity index (χ2v) is 5.47. The third-order valence-corrected chi connectivity index (χ3v) is 3.52. The molecule has 0 saturated heterocycles. The average molecular weight is 353 g/mol. The van der Waals surface area contributed by atoms with Crippen molar-refractivity contribution in [3.63, 3.8) is 0 Å². The van der Waals surface area contributed by atoms with Gasteiger partial charge in [0, 0.05) is 13.1 Å². The van der Waals surface area contributed by atoms with Crippen LogP contribution in [-0.4, -0.2) is 24.3 Å². The lowest BCUT2D eigenvalue weighted by atomic mass is 10.2. The summed E-state index contributed by atoms with van der Waals surface area (Å²) in [7, 11) is 1.46. The molecule has 7 heteroatoms. The third kappa shape index (κ3) is 4.37. The number of phenols is 1. The summed E-state index contributed by atoms with van der Waals surface area (Å²) in [5, 5.41) is 12.9. The molecule has 0 heterocycles. The zero-order valence-electron chi connectivity index (χ0n) is 12.4. The molecule has 0 unspecified atom stereocenters. The lowest BCUT2D eigenvalue weighted by molar-refractivity contribution is -0.114. The molecule has 2 aromatic rings. The Hall–Kier alpha value is -2.24. The highest BCUT2D eigenvalue weighted by Crippen LogP contribution is 2.34. The lowest BCUT2D eigenvalue weighted by Gasteiger charge is -2.08.